The Morgan fingerprint density at radius 3 is 2.56 bits per heavy atom. The number of aromatic nitrogens is 1. The second-order valence-electron chi connectivity index (χ2n) is 6.53. The van der Waals surface area contributed by atoms with Gasteiger partial charge in [-0.15, -0.1) is 0 Å². The van der Waals surface area contributed by atoms with Crippen LogP contribution in [0.15, 0.2) is 17.1 Å². The summed E-state index contributed by atoms with van der Waals surface area (Å²) in [6.07, 6.45) is 2.47. The first kappa shape index (κ1) is 19.8. The molecule has 0 N–H and O–H groups in total. The Labute approximate surface area is 162 Å². The Hall–Kier alpha value is -1.91. The number of amides is 1. The molecule has 27 heavy (non-hydrogen) atoms. The van der Waals surface area contributed by atoms with Gasteiger partial charge in [-0.3, -0.25) is 4.79 Å². The predicted octanol–water partition coefficient (Wildman–Crippen LogP) is 1.36. The van der Waals surface area contributed by atoms with E-state index in [1.165, 1.54) is 21.9 Å². The van der Waals surface area contributed by atoms with Gasteiger partial charge in [0.15, 0.2) is 16.3 Å². The molecule has 1 atom stereocenters. The second-order valence-corrected chi connectivity index (χ2v) is 9.52. The second kappa shape index (κ2) is 7.61. The zero-order valence-corrected chi connectivity index (χ0v) is 17.4. The Morgan fingerprint density at radius 2 is 1.93 bits per heavy atom. The van der Waals surface area contributed by atoms with Crippen molar-refractivity contribution in [1.29, 1.82) is 0 Å². The maximum atomic E-state index is 12.7. The van der Waals surface area contributed by atoms with Crippen molar-refractivity contribution in [2.45, 2.75) is 12.8 Å². The van der Waals surface area contributed by atoms with E-state index in [0.29, 0.717) is 35.7 Å². The lowest BCUT2D eigenvalue weighted by atomic mass is 9.99. The molecule has 2 aromatic rings. The lowest BCUT2D eigenvalue weighted by molar-refractivity contribution is -0.122. The van der Waals surface area contributed by atoms with E-state index >= 15 is 0 Å². The molecular formula is C17H23N3O5S2. The number of carbonyl (C=O) groups is 1. The van der Waals surface area contributed by atoms with Gasteiger partial charge in [0.2, 0.25) is 10.0 Å². The monoisotopic (exact) mass is 413 g/mol. The molecule has 1 aromatic carbocycles. The number of sulfonamides is 1. The average Bonchev–Trinajstić information content (AvgIpc) is 2.94. The summed E-state index contributed by atoms with van der Waals surface area (Å²) < 4.78 is 38.3. The first-order chi connectivity index (χ1) is 12.7. The summed E-state index contributed by atoms with van der Waals surface area (Å²) in [5.74, 6) is 0.514. The fourth-order valence-electron chi connectivity index (χ4n) is 3.19. The summed E-state index contributed by atoms with van der Waals surface area (Å²) in [6.45, 7) is 0.649. The Kier molecular flexibility index (Phi) is 5.59. The number of aryl methyl sites for hydroxylation is 1. The molecule has 1 saturated heterocycles. The largest absolute Gasteiger partial charge is 0.493 e. The molecule has 10 heteroatoms. The van der Waals surface area contributed by atoms with Crippen LogP contribution in [0.25, 0.3) is 10.2 Å². The molecule has 1 aromatic heterocycles. The SMILES string of the molecule is COc1cc2sc(=NC(=O)C3CCCN(S(C)(=O)=O)C3)n(C)c2cc1OC. The minimum Gasteiger partial charge on any atom is -0.493 e. The normalized spacial score (nSPS) is 19.4. The van der Waals surface area contributed by atoms with Gasteiger partial charge in [0.05, 0.1) is 36.6 Å². The van der Waals surface area contributed by atoms with Crippen LogP contribution < -0.4 is 14.3 Å². The molecule has 1 aliphatic rings. The van der Waals surface area contributed by atoms with Gasteiger partial charge >= 0.3 is 0 Å². The van der Waals surface area contributed by atoms with Gasteiger partial charge in [-0.1, -0.05) is 11.3 Å². The van der Waals surface area contributed by atoms with Crippen molar-refractivity contribution in [3.05, 3.63) is 16.9 Å². The summed E-state index contributed by atoms with van der Waals surface area (Å²) in [4.78, 5) is 17.5. The quantitative estimate of drug-likeness (QED) is 0.755. The fraction of sp³-hybridized carbons (Fsp3) is 0.529. The van der Waals surface area contributed by atoms with Crippen LogP contribution in [0.5, 0.6) is 11.5 Å². The van der Waals surface area contributed by atoms with E-state index in [9.17, 15) is 13.2 Å². The smallest absolute Gasteiger partial charge is 0.252 e. The highest BCUT2D eigenvalue weighted by molar-refractivity contribution is 7.88. The van der Waals surface area contributed by atoms with Gasteiger partial charge in [-0.05, 0) is 12.8 Å². The minimum atomic E-state index is -3.30. The molecule has 2 heterocycles. The van der Waals surface area contributed by atoms with E-state index in [-0.39, 0.29) is 12.5 Å². The maximum Gasteiger partial charge on any atom is 0.252 e. The number of ether oxygens (including phenoxy) is 2. The van der Waals surface area contributed by atoms with Gasteiger partial charge in [0, 0.05) is 32.3 Å². The summed E-state index contributed by atoms with van der Waals surface area (Å²) in [5, 5.41) is 0. The van der Waals surface area contributed by atoms with Gasteiger partial charge in [-0.2, -0.15) is 4.99 Å². The molecule has 8 nitrogen and oxygen atoms in total. The summed E-state index contributed by atoms with van der Waals surface area (Å²) in [7, 11) is 1.68. The van der Waals surface area contributed by atoms with E-state index in [0.717, 1.165) is 10.2 Å². The van der Waals surface area contributed by atoms with Crippen LogP contribution >= 0.6 is 11.3 Å². The first-order valence-corrected chi connectivity index (χ1v) is 11.2. The number of fused-ring (bicyclic) bond motifs is 1. The Bertz CT molecular complexity index is 1040. The minimum absolute atomic E-state index is 0.192. The van der Waals surface area contributed by atoms with E-state index < -0.39 is 15.9 Å². The van der Waals surface area contributed by atoms with Crippen molar-refractivity contribution in [2.24, 2.45) is 18.0 Å². The Balaban J connectivity index is 1.95. The molecule has 0 spiro atoms. The van der Waals surface area contributed by atoms with Crippen molar-refractivity contribution < 1.29 is 22.7 Å². The molecule has 1 amide bonds. The van der Waals surface area contributed by atoms with E-state index in [2.05, 4.69) is 4.99 Å². The van der Waals surface area contributed by atoms with Gasteiger partial charge < -0.3 is 14.0 Å². The highest BCUT2D eigenvalue weighted by atomic mass is 32.2. The molecule has 0 aliphatic carbocycles. The zero-order chi connectivity index (χ0) is 19.8. The standard InChI is InChI=1S/C17H23N3O5S2/c1-19-12-8-13(24-2)14(25-3)9-15(12)26-17(19)18-16(21)11-6-5-7-20(10-11)27(4,22)23/h8-9,11H,5-7,10H2,1-4H3. The molecule has 3 rings (SSSR count). The number of benzene rings is 1. The number of nitrogens with zero attached hydrogens (tertiary/aromatic N) is 3. The van der Waals surface area contributed by atoms with E-state index in [4.69, 9.17) is 9.47 Å². The number of methoxy groups -OCH3 is 2. The molecule has 0 saturated carbocycles. The fourth-order valence-corrected chi connectivity index (χ4v) is 5.14. The third-order valence-corrected chi connectivity index (χ3v) is 7.09. The van der Waals surface area contributed by atoms with Gasteiger partial charge in [0.1, 0.15) is 0 Å². The van der Waals surface area contributed by atoms with Gasteiger partial charge in [0.25, 0.3) is 5.91 Å². The number of rotatable bonds is 4. The van der Waals surface area contributed by atoms with Crippen molar-refractivity contribution in [1.82, 2.24) is 8.87 Å². The molecular weight excluding hydrogens is 390 g/mol. The number of hydrogen-bond acceptors (Lipinski definition) is 6. The molecule has 1 aliphatic heterocycles. The molecule has 1 fully saturated rings. The van der Waals surface area contributed by atoms with Gasteiger partial charge in [-0.25, -0.2) is 12.7 Å². The van der Waals surface area contributed by atoms with E-state index in [1.54, 1.807) is 14.2 Å². The van der Waals surface area contributed by atoms with Crippen LogP contribution in [0.3, 0.4) is 0 Å². The number of piperidine rings is 1. The van der Waals surface area contributed by atoms with Crippen LogP contribution in [-0.2, 0) is 21.9 Å². The zero-order valence-electron chi connectivity index (χ0n) is 15.8. The third kappa shape index (κ3) is 4.02. The van der Waals surface area contributed by atoms with E-state index in [1.807, 2.05) is 23.7 Å². The average molecular weight is 414 g/mol. The summed E-state index contributed by atoms with van der Waals surface area (Å²) in [6, 6.07) is 3.70. The number of hydrogen-bond donors (Lipinski definition) is 0. The Morgan fingerprint density at radius 1 is 1.26 bits per heavy atom. The van der Waals surface area contributed by atoms with Crippen LogP contribution in [0, 0.1) is 5.92 Å². The first-order valence-electron chi connectivity index (χ1n) is 8.50. The number of thiazole rings is 1. The lowest BCUT2D eigenvalue weighted by Crippen LogP contribution is -2.41. The van der Waals surface area contributed by atoms with Crippen LogP contribution in [0.4, 0.5) is 0 Å². The molecule has 0 radical (unpaired) electrons. The van der Waals surface area contributed by atoms with Crippen LogP contribution in [-0.4, -0.2) is 56.8 Å². The van der Waals surface area contributed by atoms with Crippen LogP contribution in [0.2, 0.25) is 0 Å². The molecule has 0 bridgehead atoms. The summed E-state index contributed by atoms with van der Waals surface area (Å²) >= 11 is 1.38. The van der Waals surface area contributed by atoms with Crippen molar-refractivity contribution >= 4 is 37.5 Å². The molecule has 1 unspecified atom stereocenters. The van der Waals surface area contributed by atoms with Crippen molar-refractivity contribution in [2.75, 3.05) is 33.6 Å². The van der Waals surface area contributed by atoms with Crippen molar-refractivity contribution in [3.8, 4) is 11.5 Å². The predicted molar refractivity (Wildman–Crippen MR) is 104 cm³/mol. The van der Waals surface area contributed by atoms with Crippen LogP contribution in [0.1, 0.15) is 12.8 Å². The molecule has 148 valence electrons. The highest BCUT2D eigenvalue weighted by Crippen LogP contribution is 2.33. The maximum absolute atomic E-state index is 12.7. The third-order valence-electron chi connectivity index (χ3n) is 4.72. The van der Waals surface area contributed by atoms with Crippen molar-refractivity contribution in [3.63, 3.8) is 0 Å². The lowest BCUT2D eigenvalue weighted by Gasteiger charge is -2.28. The highest BCUT2D eigenvalue weighted by Gasteiger charge is 2.30. The summed E-state index contributed by atoms with van der Waals surface area (Å²) in [5.41, 5.74) is 0.880. The topological polar surface area (TPSA) is 90.2 Å². The number of carbonyl (C=O) groups excluding carboxylic acids is 1.